The van der Waals surface area contributed by atoms with E-state index in [0.717, 1.165) is 36.3 Å². The molecule has 6 rings (SSSR count). The van der Waals surface area contributed by atoms with Crippen LogP contribution in [0.4, 0.5) is 32.0 Å². The molecule has 0 bridgehead atoms. The molecule has 0 aliphatic carbocycles. The van der Waals surface area contributed by atoms with Crippen molar-refractivity contribution in [2.75, 3.05) is 0 Å². The molecule has 40 heavy (non-hydrogen) atoms. The number of hydrogen-bond acceptors (Lipinski definition) is 6. The Bertz CT molecular complexity index is 1840. The van der Waals surface area contributed by atoms with Crippen LogP contribution in [-0.2, 0) is 12.7 Å². The summed E-state index contributed by atoms with van der Waals surface area (Å²) in [5.74, 6) is 0.100. The zero-order valence-electron chi connectivity index (χ0n) is 20.1. The first-order chi connectivity index (χ1) is 18.9. The number of halogens is 6. The first-order valence-corrected chi connectivity index (χ1v) is 11.5. The third kappa shape index (κ3) is 5.19. The molecule has 0 atom stereocenters. The lowest BCUT2D eigenvalue weighted by Gasteiger charge is -2.16. The standard InChI is InChI=1S/C18H10F6N4O.C8H6N2O/c19-17(20,21)8-28-14-5-13(9-3-1-2-4-12(9)18(22,23)24)25-6-10(14)15-11(16(28)29)7-26-27-15;11-8-2-4-10-7-1-3-9-5-6(7)8/h1-7H,8H2,(H,26,27);1,3-5H,2H2. The average Bonchev–Trinajstić information content (AvgIpc) is 3.41. The van der Waals surface area contributed by atoms with Crippen LogP contribution >= 0.6 is 0 Å². The highest BCUT2D eigenvalue weighted by Gasteiger charge is 2.34. The summed E-state index contributed by atoms with van der Waals surface area (Å²) in [5, 5.41) is 6.26. The van der Waals surface area contributed by atoms with Gasteiger partial charge in [0.15, 0.2) is 5.78 Å². The molecule has 204 valence electrons. The van der Waals surface area contributed by atoms with Gasteiger partial charge in [-0.2, -0.15) is 31.4 Å². The van der Waals surface area contributed by atoms with Gasteiger partial charge in [-0.15, -0.1) is 0 Å². The number of alkyl halides is 6. The van der Waals surface area contributed by atoms with Crippen molar-refractivity contribution in [1.29, 1.82) is 0 Å². The van der Waals surface area contributed by atoms with Crippen molar-refractivity contribution >= 4 is 39.5 Å². The smallest absolute Gasteiger partial charge is 0.298 e. The van der Waals surface area contributed by atoms with Crippen molar-refractivity contribution in [2.24, 2.45) is 4.99 Å². The Kier molecular flexibility index (Phi) is 6.69. The maximum Gasteiger partial charge on any atom is 0.417 e. The van der Waals surface area contributed by atoms with Crippen molar-refractivity contribution in [2.45, 2.75) is 25.3 Å². The topological polar surface area (TPSA) is 106 Å². The monoisotopic (exact) mass is 558 g/mol. The number of benzene rings is 1. The number of fused-ring (bicyclic) bond motifs is 4. The number of Topliss-reactive ketones (excluding diaryl/α,β-unsaturated/α-hetero) is 1. The maximum absolute atomic E-state index is 13.3. The molecular formula is C26H16F6N6O2. The summed E-state index contributed by atoms with van der Waals surface area (Å²) in [6.45, 7) is -1.60. The first-order valence-electron chi connectivity index (χ1n) is 11.5. The number of hydrogen-bond donors (Lipinski definition) is 1. The number of H-pyrrole nitrogens is 1. The zero-order chi connectivity index (χ0) is 28.7. The lowest BCUT2D eigenvalue weighted by atomic mass is 10.0. The molecule has 1 aliphatic rings. The number of ketones is 1. The Balaban J connectivity index is 0.000000244. The van der Waals surface area contributed by atoms with Gasteiger partial charge in [0.2, 0.25) is 0 Å². The third-order valence-corrected chi connectivity index (χ3v) is 6.01. The molecule has 8 nitrogen and oxygen atoms in total. The molecule has 0 fully saturated rings. The van der Waals surface area contributed by atoms with Crippen LogP contribution < -0.4 is 5.56 Å². The summed E-state index contributed by atoms with van der Waals surface area (Å²) in [6, 6.07) is 7.36. The summed E-state index contributed by atoms with van der Waals surface area (Å²) >= 11 is 0. The van der Waals surface area contributed by atoms with E-state index in [1.807, 2.05) is 0 Å². The Hall–Kier alpha value is -4.88. The van der Waals surface area contributed by atoms with Crippen LogP contribution in [0.25, 0.3) is 33.1 Å². The Morgan fingerprint density at radius 3 is 2.42 bits per heavy atom. The quantitative estimate of drug-likeness (QED) is 0.272. The number of pyridine rings is 3. The molecule has 0 amide bonds. The van der Waals surface area contributed by atoms with Gasteiger partial charge in [-0.1, -0.05) is 18.2 Å². The van der Waals surface area contributed by atoms with Crippen LogP contribution in [-0.4, -0.2) is 42.9 Å². The van der Waals surface area contributed by atoms with Gasteiger partial charge in [0, 0.05) is 42.2 Å². The first kappa shape index (κ1) is 26.7. The van der Waals surface area contributed by atoms with Crippen LogP contribution in [0.15, 0.2) is 71.0 Å². The van der Waals surface area contributed by atoms with E-state index in [2.05, 4.69) is 25.2 Å². The van der Waals surface area contributed by atoms with Crippen molar-refractivity contribution < 1.29 is 31.1 Å². The normalized spacial score (nSPS) is 13.3. The van der Waals surface area contributed by atoms with Crippen molar-refractivity contribution in [3.8, 4) is 11.3 Å². The fraction of sp³-hybridized carbons (Fsp3) is 0.154. The SMILES string of the molecule is O=C1CC=Nc2ccncc21.O=c1c2cn[nH]c2c2cnc(-c3ccccc3C(F)(F)F)cc2n1CC(F)(F)F. The average molecular weight is 558 g/mol. The van der Waals surface area contributed by atoms with Gasteiger partial charge in [0.1, 0.15) is 6.54 Å². The predicted molar refractivity (Wildman–Crippen MR) is 133 cm³/mol. The lowest BCUT2D eigenvalue weighted by molar-refractivity contribution is -0.140. The second-order valence-corrected chi connectivity index (χ2v) is 8.63. The van der Waals surface area contributed by atoms with Crippen molar-refractivity contribution in [1.82, 2.24) is 24.7 Å². The minimum Gasteiger partial charge on any atom is -0.298 e. The van der Waals surface area contributed by atoms with E-state index in [-0.39, 0.29) is 38.8 Å². The molecule has 1 aliphatic heterocycles. The molecule has 14 heteroatoms. The molecule has 0 saturated carbocycles. The predicted octanol–water partition coefficient (Wildman–Crippen LogP) is 5.89. The number of aliphatic imine (C=N–C) groups is 1. The van der Waals surface area contributed by atoms with Crippen LogP contribution in [0.2, 0.25) is 0 Å². The molecule has 0 saturated heterocycles. The van der Waals surface area contributed by atoms with Gasteiger partial charge in [0.25, 0.3) is 5.56 Å². The highest BCUT2D eigenvalue weighted by Crippen LogP contribution is 2.37. The fourth-order valence-corrected chi connectivity index (χ4v) is 4.26. The van der Waals surface area contributed by atoms with E-state index in [1.54, 1.807) is 24.7 Å². The molecule has 1 aromatic carbocycles. The van der Waals surface area contributed by atoms with E-state index in [4.69, 9.17) is 0 Å². The van der Waals surface area contributed by atoms with Gasteiger partial charge < -0.3 is 0 Å². The van der Waals surface area contributed by atoms with Crippen molar-refractivity contribution in [3.05, 3.63) is 82.7 Å². The molecule has 5 aromatic rings. The zero-order valence-corrected chi connectivity index (χ0v) is 20.1. The van der Waals surface area contributed by atoms with E-state index < -0.39 is 30.0 Å². The third-order valence-electron chi connectivity index (χ3n) is 6.01. The molecule has 1 N–H and O–H groups in total. The molecule has 5 heterocycles. The van der Waals surface area contributed by atoms with Gasteiger partial charge in [0.05, 0.1) is 45.1 Å². The summed E-state index contributed by atoms with van der Waals surface area (Å²) in [5.41, 5.74) is -1.14. The summed E-state index contributed by atoms with van der Waals surface area (Å²) in [7, 11) is 0. The summed E-state index contributed by atoms with van der Waals surface area (Å²) in [4.78, 5) is 35.6. The van der Waals surface area contributed by atoms with Crippen LogP contribution in [0.5, 0.6) is 0 Å². The van der Waals surface area contributed by atoms with Gasteiger partial charge in [-0.3, -0.25) is 34.2 Å². The molecule has 0 unspecified atom stereocenters. The van der Waals surface area contributed by atoms with Crippen LogP contribution in [0.3, 0.4) is 0 Å². The number of carbonyl (C=O) groups excluding carboxylic acids is 1. The Morgan fingerprint density at radius 1 is 0.925 bits per heavy atom. The number of carbonyl (C=O) groups is 1. The number of aromatic amines is 1. The summed E-state index contributed by atoms with van der Waals surface area (Å²) in [6.07, 6.45) is -1.96. The fourth-order valence-electron chi connectivity index (χ4n) is 4.26. The molecule has 0 radical (unpaired) electrons. The largest absolute Gasteiger partial charge is 0.417 e. The minimum absolute atomic E-state index is 0.0769. The minimum atomic E-state index is -4.72. The Morgan fingerprint density at radius 2 is 1.70 bits per heavy atom. The molecule has 4 aromatic heterocycles. The number of rotatable bonds is 2. The number of nitrogens with one attached hydrogen (secondary N) is 1. The lowest BCUT2D eigenvalue weighted by Crippen LogP contribution is -2.28. The van der Waals surface area contributed by atoms with Gasteiger partial charge in [-0.05, 0) is 18.2 Å². The molecule has 0 spiro atoms. The second kappa shape index (κ2) is 10.0. The second-order valence-electron chi connectivity index (χ2n) is 8.63. The van der Waals surface area contributed by atoms with Crippen molar-refractivity contribution in [3.63, 3.8) is 0 Å². The highest BCUT2D eigenvalue weighted by molar-refractivity contribution is 6.09. The van der Waals surface area contributed by atoms with Crippen LogP contribution in [0, 0.1) is 0 Å². The van der Waals surface area contributed by atoms with E-state index in [0.29, 0.717) is 16.6 Å². The van der Waals surface area contributed by atoms with E-state index in [9.17, 15) is 35.9 Å². The number of aromatic nitrogens is 5. The highest BCUT2D eigenvalue weighted by atomic mass is 19.4. The van der Waals surface area contributed by atoms with E-state index >= 15 is 0 Å². The molecular weight excluding hydrogens is 542 g/mol. The van der Waals surface area contributed by atoms with E-state index in [1.165, 1.54) is 12.1 Å². The van der Waals surface area contributed by atoms with Gasteiger partial charge >= 0.3 is 12.4 Å². The maximum atomic E-state index is 13.3. The van der Waals surface area contributed by atoms with Gasteiger partial charge in [-0.25, -0.2) is 0 Å². The van der Waals surface area contributed by atoms with Crippen LogP contribution in [0.1, 0.15) is 22.3 Å². The Labute approximate surface area is 220 Å². The number of nitrogens with zero attached hydrogens (tertiary/aromatic N) is 5. The summed E-state index contributed by atoms with van der Waals surface area (Å²) < 4.78 is 79.7.